The van der Waals surface area contributed by atoms with Crippen molar-refractivity contribution in [2.24, 2.45) is 5.14 Å². The second-order valence-electron chi connectivity index (χ2n) is 5.47. The zero-order chi connectivity index (χ0) is 18.0. The predicted molar refractivity (Wildman–Crippen MR) is 96.9 cm³/mol. The number of para-hydroxylation sites is 1. The maximum absolute atomic E-state index is 11.4. The van der Waals surface area contributed by atoms with Gasteiger partial charge in [-0.15, -0.1) is 0 Å². The third kappa shape index (κ3) is 3.35. The molecule has 6 heteroatoms. The second-order valence-corrected chi connectivity index (χ2v) is 7.03. The van der Waals surface area contributed by atoms with Crippen LogP contribution in [0.25, 0.3) is 22.3 Å². The van der Waals surface area contributed by atoms with Crippen LogP contribution in [0.4, 0.5) is 0 Å². The van der Waals surface area contributed by atoms with Gasteiger partial charge in [-0.1, -0.05) is 42.5 Å². The molecule has 0 unspecified atom stereocenters. The van der Waals surface area contributed by atoms with E-state index in [0.717, 1.165) is 16.7 Å². The van der Waals surface area contributed by atoms with Crippen molar-refractivity contribution in [1.82, 2.24) is 0 Å². The molecule has 3 N–H and O–H groups in total. The van der Waals surface area contributed by atoms with Gasteiger partial charge in [-0.05, 0) is 35.4 Å². The van der Waals surface area contributed by atoms with Gasteiger partial charge in [0, 0.05) is 11.1 Å². The first-order chi connectivity index (χ1) is 11.9. The fraction of sp³-hybridized carbons (Fsp3) is 0.0526. The first-order valence-corrected chi connectivity index (χ1v) is 9.05. The fourth-order valence-electron chi connectivity index (χ4n) is 2.74. The van der Waals surface area contributed by atoms with Crippen LogP contribution in [0.5, 0.6) is 11.5 Å². The molecule has 0 atom stereocenters. The van der Waals surface area contributed by atoms with E-state index in [1.807, 2.05) is 30.3 Å². The summed E-state index contributed by atoms with van der Waals surface area (Å²) >= 11 is 0. The van der Waals surface area contributed by atoms with E-state index >= 15 is 0 Å². The maximum Gasteiger partial charge on any atom is 0.238 e. The lowest BCUT2D eigenvalue weighted by molar-refractivity contribution is 0.416. The molecule has 0 bridgehead atoms. The molecule has 0 aliphatic carbocycles. The van der Waals surface area contributed by atoms with Crippen LogP contribution in [-0.2, 0) is 10.0 Å². The molecule has 0 aliphatic heterocycles. The minimum absolute atomic E-state index is 0.0373. The normalized spacial score (nSPS) is 11.3. The molecule has 0 saturated carbocycles. The topological polar surface area (TPSA) is 89.6 Å². The van der Waals surface area contributed by atoms with Crippen LogP contribution in [0.3, 0.4) is 0 Å². The van der Waals surface area contributed by atoms with Crippen molar-refractivity contribution < 1.29 is 18.3 Å². The highest BCUT2D eigenvalue weighted by Gasteiger charge is 2.16. The molecule has 128 valence electrons. The Labute approximate surface area is 146 Å². The van der Waals surface area contributed by atoms with Crippen LogP contribution in [0.2, 0.25) is 0 Å². The van der Waals surface area contributed by atoms with Crippen molar-refractivity contribution in [2.45, 2.75) is 4.90 Å². The monoisotopic (exact) mass is 355 g/mol. The molecule has 0 fully saturated rings. The summed E-state index contributed by atoms with van der Waals surface area (Å²) in [5.74, 6) is 0.740. The largest absolute Gasteiger partial charge is 0.507 e. The minimum atomic E-state index is -3.75. The molecule has 25 heavy (non-hydrogen) atoms. The number of aromatic hydroxyl groups is 1. The quantitative estimate of drug-likeness (QED) is 0.751. The molecular weight excluding hydrogens is 338 g/mol. The summed E-state index contributed by atoms with van der Waals surface area (Å²) in [5, 5.41) is 15.6. The summed E-state index contributed by atoms with van der Waals surface area (Å²) in [7, 11) is -2.18. The highest BCUT2D eigenvalue weighted by atomic mass is 32.2. The van der Waals surface area contributed by atoms with Gasteiger partial charge < -0.3 is 9.84 Å². The van der Waals surface area contributed by atoms with E-state index in [2.05, 4.69) is 0 Å². The summed E-state index contributed by atoms with van der Waals surface area (Å²) in [5.41, 5.74) is 2.87. The minimum Gasteiger partial charge on any atom is -0.507 e. The van der Waals surface area contributed by atoms with E-state index in [1.165, 1.54) is 12.1 Å². The Kier molecular flexibility index (Phi) is 4.48. The van der Waals surface area contributed by atoms with Gasteiger partial charge in [0.25, 0.3) is 0 Å². The van der Waals surface area contributed by atoms with Crippen LogP contribution in [0.1, 0.15) is 0 Å². The van der Waals surface area contributed by atoms with Gasteiger partial charge in [-0.3, -0.25) is 0 Å². The number of hydrogen-bond donors (Lipinski definition) is 2. The number of methoxy groups -OCH3 is 1. The number of ether oxygens (including phenoxy) is 1. The van der Waals surface area contributed by atoms with Gasteiger partial charge in [0.2, 0.25) is 10.0 Å². The van der Waals surface area contributed by atoms with E-state index in [9.17, 15) is 13.5 Å². The predicted octanol–water partition coefficient (Wildman–Crippen LogP) is 3.38. The van der Waals surface area contributed by atoms with Gasteiger partial charge >= 0.3 is 0 Å². The Morgan fingerprint density at radius 1 is 0.880 bits per heavy atom. The third-order valence-corrected chi connectivity index (χ3v) is 4.84. The molecule has 5 nitrogen and oxygen atoms in total. The number of phenols is 1. The number of hydrogen-bond acceptors (Lipinski definition) is 4. The highest BCUT2D eigenvalue weighted by Crippen LogP contribution is 2.42. The first kappa shape index (κ1) is 17.0. The first-order valence-electron chi connectivity index (χ1n) is 7.50. The Bertz CT molecular complexity index is 1010. The Balaban J connectivity index is 2.20. The van der Waals surface area contributed by atoms with Gasteiger partial charge in [0.05, 0.1) is 12.0 Å². The van der Waals surface area contributed by atoms with Crippen molar-refractivity contribution in [3.8, 4) is 33.8 Å². The smallest absolute Gasteiger partial charge is 0.238 e. The Morgan fingerprint density at radius 3 is 2.16 bits per heavy atom. The average molecular weight is 355 g/mol. The number of sulfonamides is 1. The molecule has 3 rings (SSSR count). The van der Waals surface area contributed by atoms with E-state index < -0.39 is 10.0 Å². The maximum atomic E-state index is 11.4. The van der Waals surface area contributed by atoms with Gasteiger partial charge in [0.15, 0.2) is 0 Å². The van der Waals surface area contributed by atoms with Crippen LogP contribution in [0.15, 0.2) is 71.6 Å². The average Bonchev–Trinajstić information content (AvgIpc) is 2.61. The molecular formula is C19H17NO4S. The third-order valence-electron chi connectivity index (χ3n) is 3.91. The molecule has 3 aromatic carbocycles. The Hall–Kier alpha value is -2.83. The van der Waals surface area contributed by atoms with Crippen LogP contribution in [0, 0.1) is 0 Å². The zero-order valence-electron chi connectivity index (χ0n) is 13.5. The second kappa shape index (κ2) is 6.58. The molecule has 0 amide bonds. The van der Waals surface area contributed by atoms with Crippen LogP contribution < -0.4 is 9.88 Å². The number of phenolic OH excluding ortho intramolecular Hbond substituents is 1. The zero-order valence-corrected chi connectivity index (χ0v) is 14.3. The highest BCUT2D eigenvalue weighted by molar-refractivity contribution is 7.89. The summed E-state index contributed by atoms with van der Waals surface area (Å²) in [4.78, 5) is 0.0373. The van der Waals surface area contributed by atoms with Crippen molar-refractivity contribution >= 4 is 10.0 Å². The molecule has 0 spiro atoms. The van der Waals surface area contributed by atoms with Crippen molar-refractivity contribution in [3.05, 3.63) is 66.7 Å². The summed E-state index contributed by atoms with van der Waals surface area (Å²) < 4.78 is 28.3. The van der Waals surface area contributed by atoms with Crippen molar-refractivity contribution in [3.63, 3.8) is 0 Å². The number of primary sulfonamides is 1. The lowest BCUT2D eigenvalue weighted by Gasteiger charge is -2.15. The van der Waals surface area contributed by atoms with Gasteiger partial charge in [0.1, 0.15) is 11.5 Å². The SMILES string of the molecule is COc1ccccc1-c1c(O)cccc1-c1ccc(S(N)(=O)=O)cc1. The summed E-state index contributed by atoms with van der Waals surface area (Å²) in [6.07, 6.45) is 0. The van der Waals surface area contributed by atoms with E-state index in [4.69, 9.17) is 9.88 Å². The molecule has 0 aromatic heterocycles. The summed E-state index contributed by atoms with van der Waals surface area (Å²) in [6.45, 7) is 0. The standard InChI is InChI=1S/C19H17NO4S/c1-24-18-8-3-2-5-16(18)19-15(6-4-7-17(19)21)13-9-11-14(12-10-13)25(20,22)23/h2-12,21H,1H3,(H2,20,22,23). The van der Waals surface area contributed by atoms with E-state index in [0.29, 0.717) is 11.3 Å². The van der Waals surface area contributed by atoms with Crippen molar-refractivity contribution in [1.29, 1.82) is 0 Å². The molecule has 0 radical (unpaired) electrons. The summed E-state index contributed by atoms with van der Waals surface area (Å²) in [6, 6.07) is 18.8. The Morgan fingerprint density at radius 2 is 1.52 bits per heavy atom. The van der Waals surface area contributed by atoms with Crippen LogP contribution >= 0.6 is 0 Å². The number of benzene rings is 3. The van der Waals surface area contributed by atoms with E-state index in [1.54, 1.807) is 31.4 Å². The molecule has 0 saturated heterocycles. The van der Waals surface area contributed by atoms with E-state index in [-0.39, 0.29) is 10.6 Å². The van der Waals surface area contributed by atoms with Gasteiger partial charge in [-0.25, -0.2) is 13.6 Å². The fourth-order valence-corrected chi connectivity index (χ4v) is 3.25. The lowest BCUT2D eigenvalue weighted by atomic mass is 9.93. The molecule has 0 heterocycles. The molecule has 0 aliphatic rings. The molecule has 3 aromatic rings. The van der Waals surface area contributed by atoms with Crippen LogP contribution in [-0.4, -0.2) is 20.6 Å². The van der Waals surface area contributed by atoms with Crippen molar-refractivity contribution in [2.75, 3.05) is 7.11 Å². The lowest BCUT2D eigenvalue weighted by Crippen LogP contribution is -2.11. The number of rotatable bonds is 4. The number of nitrogens with two attached hydrogens (primary N) is 1. The van der Waals surface area contributed by atoms with Gasteiger partial charge in [-0.2, -0.15) is 0 Å².